The minimum Gasteiger partial charge on any atom is -0.481 e. The van der Waals surface area contributed by atoms with Crippen molar-refractivity contribution in [3.63, 3.8) is 0 Å². The fraction of sp³-hybridized carbons (Fsp3) is 0.579. The maximum Gasteiger partial charge on any atom is 0.422 e. The fourth-order valence-electron chi connectivity index (χ4n) is 5.26. The number of carboxylic acids is 1. The van der Waals surface area contributed by atoms with Crippen LogP contribution in [0.3, 0.4) is 0 Å². The molecule has 0 amide bonds. The third kappa shape index (κ3) is 2.18. The molecular formula is C19H19F3N4O3. The summed E-state index contributed by atoms with van der Waals surface area (Å²) < 4.78 is 42.1. The summed E-state index contributed by atoms with van der Waals surface area (Å²) in [6.45, 7) is 2.80. The Hall–Kier alpha value is -2.49. The standard InChI is InChI=1S/C19H19F3N4O3/c1-9-5-26-11(3-12(25-26)17-6-18(7-17,8-17)15(27)28)10-4-23-24-14(13(9)10)16(2,29)19(20,21)22/h3-4,9,29H,5-8H2,1-2H3,(H,27,28)/t9-,16+,17?,18?/m1/s1. The summed E-state index contributed by atoms with van der Waals surface area (Å²) in [5.41, 5.74) is -2.32. The molecule has 3 fully saturated rings. The summed E-state index contributed by atoms with van der Waals surface area (Å²) in [6.07, 6.45) is -1.88. The van der Waals surface area contributed by atoms with Gasteiger partial charge in [0.25, 0.3) is 0 Å². The van der Waals surface area contributed by atoms with Crippen LogP contribution < -0.4 is 0 Å². The third-order valence-electron chi connectivity index (χ3n) is 6.93. The molecule has 0 radical (unpaired) electrons. The summed E-state index contributed by atoms with van der Waals surface area (Å²) in [7, 11) is 0. The molecule has 0 saturated heterocycles. The summed E-state index contributed by atoms with van der Waals surface area (Å²) in [5.74, 6) is -1.14. The van der Waals surface area contributed by atoms with Crippen LogP contribution >= 0.6 is 0 Å². The smallest absolute Gasteiger partial charge is 0.422 e. The maximum absolute atomic E-state index is 13.4. The quantitative estimate of drug-likeness (QED) is 0.810. The van der Waals surface area contributed by atoms with E-state index in [4.69, 9.17) is 0 Å². The number of fused-ring (bicyclic) bond motifs is 3. The first-order valence-electron chi connectivity index (χ1n) is 9.38. The number of nitrogens with zero attached hydrogens (tertiary/aromatic N) is 4. The molecule has 154 valence electrons. The van der Waals surface area contributed by atoms with E-state index >= 15 is 0 Å². The highest BCUT2D eigenvalue weighted by Gasteiger charge is 2.73. The predicted molar refractivity (Wildman–Crippen MR) is 92.9 cm³/mol. The number of aromatic nitrogens is 4. The molecular weight excluding hydrogens is 389 g/mol. The third-order valence-corrected chi connectivity index (χ3v) is 6.93. The van der Waals surface area contributed by atoms with E-state index in [1.165, 1.54) is 6.20 Å². The Kier molecular flexibility index (Phi) is 3.30. The first kappa shape index (κ1) is 18.5. The van der Waals surface area contributed by atoms with Crippen molar-refractivity contribution in [2.24, 2.45) is 5.41 Å². The minimum absolute atomic E-state index is 0.257. The Morgan fingerprint density at radius 2 is 1.97 bits per heavy atom. The SMILES string of the molecule is C[C@@H]1Cn2nc(C34CC(C(=O)O)(C3)C4)cc2-c2cnnc([C@](C)(O)C(F)(F)F)c21. The molecule has 0 spiro atoms. The fourth-order valence-corrected chi connectivity index (χ4v) is 5.26. The van der Waals surface area contributed by atoms with Crippen molar-refractivity contribution in [1.82, 2.24) is 20.0 Å². The van der Waals surface area contributed by atoms with Crippen molar-refractivity contribution < 1.29 is 28.2 Å². The van der Waals surface area contributed by atoms with E-state index in [-0.39, 0.29) is 11.3 Å². The Labute approximate surface area is 163 Å². The molecule has 2 aromatic heterocycles. The number of carboxylic acid groups (broad SMARTS) is 1. The zero-order valence-electron chi connectivity index (χ0n) is 15.8. The molecule has 29 heavy (non-hydrogen) atoms. The lowest BCUT2D eigenvalue weighted by Gasteiger charge is -2.67. The number of aliphatic carboxylic acids is 1. The van der Waals surface area contributed by atoms with Gasteiger partial charge in [-0.2, -0.15) is 28.5 Å². The summed E-state index contributed by atoms with van der Waals surface area (Å²) in [4.78, 5) is 11.4. The summed E-state index contributed by atoms with van der Waals surface area (Å²) in [6, 6.07) is 1.82. The number of rotatable bonds is 3. The molecule has 2 atom stereocenters. The molecule has 3 heterocycles. The molecule has 7 nitrogen and oxygen atoms in total. The predicted octanol–water partition coefficient (Wildman–Crippen LogP) is 2.73. The van der Waals surface area contributed by atoms with Gasteiger partial charge in [0.2, 0.25) is 5.60 Å². The van der Waals surface area contributed by atoms with Gasteiger partial charge in [0.1, 0.15) is 5.69 Å². The van der Waals surface area contributed by atoms with Crippen LogP contribution in [0.15, 0.2) is 12.3 Å². The molecule has 10 heteroatoms. The zero-order valence-corrected chi connectivity index (χ0v) is 15.8. The van der Waals surface area contributed by atoms with Crippen molar-refractivity contribution in [2.75, 3.05) is 0 Å². The van der Waals surface area contributed by atoms with Crippen LogP contribution in [0.4, 0.5) is 13.2 Å². The van der Waals surface area contributed by atoms with E-state index in [2.05, 4.69) is 15.3 Å². The van der Waals surface area contributed by atoms with Crippen molar-refractivity contribution >= 4 is 5.97 Å². The average molecular weight is 408 g/mol. The van der Waals surface area contributed by atoms with Crippen LogP contribution in [0.1, 0.15) is 56.0 Å². The van der Waals surface area contributed by atoms with Gasteiger partial charge in [-0.1, -0.05) is 6.92 Å². The second-order valence-corrected chi connectivity index (χ2v) is 8.98. The van der Waals surface area contributed by atoms with E-state index in [1.54, 1.807) is 11.6 Å². The molecule has 2 bridgehead atoms. The Bertz CT molecular complexity index is 1040. The molecule has 6 rings (SSSR count). The van der Waals surface area contributed by atoms with Crippen LogP contribution in [0.5, 0.6) is 0 Å². The van der Waals surface area contributed by atoms with Gasteiger partial charge in [-0.3, -0.25) is 9.48 Å². The number of hydrogen-bond donors (Lipinski definition) is 2. The van der Waals surface area contributed by atoms with E-state index in [0.717, 1.165) is 5.69 Å². The van der Waals surface area contributed by atoms with Gasteiger partial charge in [-0.05, 0) is 37.8 Å². The molecule has 2 aromatic rings. The van der Waals surface area contributed by atoms with Gasteiger partial charge >= 0.3 is 12.1 Å². The molecule has 0 aromatic carbocycles. The van der Waals surface area contributed by atoms with Crippen LogP contribution in [0.25, 0.3) is 11.3 Å². The van der Waals surface area contributed by atoms with Crippen molar-refractivity contribution in [3.8, 4) is 11.3 Å². The van der Waals surface area contributed by atoms with Crippen LogP contribution in [0.2, 0.25) is 0 Å². The maximum atomic E-state index is 13.4. The van der Waals surface area contributed by atoms with Crippen molar-refractivity contribution in [1.29, 1.82) is 0 Å². The highest BCUT2D eigenvalue weighted by Crippen LogP contribution is 2.73. The van der Waals surface area contributed by atoms with Gasteiger partial charge in [-0.15, -0.1) is 0 Å². The highest BCUT2D eigenvalue weighted by molar-refractivity contribution is 5.81. The normalized spacial score (nSPS) is 31.7. The van der Waals surface area contributed by atoms with Gasteiger partial charge in [-0.25, -0.2) is 0 Å². The molecule has 3 aliphatic carbocycles. The van der Waals surface area contributed by atoms with Gasteiger partial charge < -0.3 is 10.2 Å². The molecule has 0 unspecified atom stereocenters. The zero-order chi connectivity index (χ0) is 21.0. The van der Waals surface area contributed by atoms with E-state index in [9.17, 15) is 28.2 Å². The Balaban J connectivity index is 1.58. The second-order valence-electron chi connectivity index (χ2n) is 8.98. The van der Waals surface area contributed by atoms with Crippen LogP contribution in [-0.4, -0.2) is 42.3 Å². The second kappa shape index (κ2) is 5.16. The van der Waals surface area contributed by atoms with Gasteiger partial charge in [0.15, 0.2) is 0 Å². The largest absolute Gasteiger partial charge is 0.481 e. The monoisotopic (exact) mass is 408 g/mol. The van der Waals surface area contributed by atoms with Crippen molar-refractivity contribution in [3.05, 3.63) is 29.2 Å². The highest BCUT2D eigenvalue weighted by atomic mass is 19.4. The van der Waals surface area contributed by atoms with Crippen LogP contribution in [0, 0.1) is 5.41 Å². The first-order chi connectivity index (χ1) is 13.4. The van der Waals surface area contributed by atoms with Gasteiger partial charge in [0.05, 0.1) is 23.0 Å². The average Bonchev–Trinajstić information content (AvgIpc) is 2.94. The molecule has 3 saturated carbocycles. The molecule has 4 aliphatic rings. The lowest BCUT2D eigenvalue weighted by molar-refractivity contribution is -0.260. The van der Waals surface area contributed by atoms with Crippen LogP contribution in [-0.2, 0) is 22.4 Å². The van der Waals surface area contributed by atoms with E-state index in [0.29, 0.717) is 49.6 Å². The summed E-state index contributed by atoms with van der Waals surface area (Å²) >= 11 is 0. The lowest BCUT2D eigenvalue weighted by Crippen LogP contribution is -2.68. The minimum atomic E-state index is -4.89. The first-order valence-corrected chi connectivity index (χ1v) is 9.38. The van der Waals surface area contributed by atoms with E-state index < -0.39 is 28.9 Å². The molecule has 1 aliphatic heterocycles. The topological polar surface area (TPSA) is 101 Å². The molecule has 2 N–H and O–H groups in total. The number of halogens is 3. The Morgan fingerprint density at radius 1 is 1.31 bits per heavy atom. The Morgan fingerprint density at radius 3 is 2.55 bits per heavy atom. The lowest BCUT2D eigenvalue weighted by atomic mass is 9.34. The number of hydrogen-bond acceptors (Lipinski definition) is 5. The van der Waals surface area contributed by atoms with Crippen molar-refractivity contribution in [2.45, 2.75) is 62.8 Å². The number of carbonyl (C=O) groups is 1. The number of aliphatic hydroxyl groups is 1. The van der Waals surface area contributed by atoms with E-state index in [1.807, 2.05) is 6.07 Å². The summed E-state index contributed by atoms with van der Waals surface area (Å²) in [5, 5.41) is 31.6. The number of alkyl halides is 3. The van der Waals surface area contributed by atoms with Gasteiger partial charge in [0, 0.05) is 23.4 Å².